The average Bonchev–Trinajstić information content (AvgIpc) is 3.46. The smallest absolute Gasteiger partial charge is 0.282 e. The number of nitrogens with one attached hydrogen (secondary N) is 1. The Morgan fingerprint density at radius 3 is 2.83 bits per heavy atom. The fourth-order valence-corrected chi connectivity index (χ4v) is 3.86. The number of likely N-dealkylation sites (tertiary alicyclic amines) is 1. The van der Waals surface area contributed by atoms with Crippen molar-refractivity contribution in [3.05, 3.63) is 60.2 Å². The van der Waals surface area contributed by atoms with Crippen LogP contribution in [0.2, 0.25) is 0 Å². The maximum absolute atomic E-state index is 13.2. The quantitative estimate of drug-likeness (QED) is 0.437. The van der Waals surface area contributed by atoms with Crippen molar-refractivity contribution in [1.82, 2.24) is 29.3 Å². The van der Waals surface area contributed by atoms with Gasteiger partial charge in [-0.25, -0.2) is 18.3 Å². The monoisotopic (exact) mass is 492 g/mol. The second kappa shape index (κ2) is 8.73. The van der Waals surface area contributed by atoms with E-state index in [9.17, 15) is 23.6 Å². The van der Waals surface area contributed by atoms with E-state index in [1.54, 1.807) is 24.4 Å². The molecule has 4 heterocycles. The maximum atomic E-state index is 13.2. The lowest BCUT2D eigenvalue weighted by molar-refractivity contribution is -0.166. The highest BCUT2D eigenvalue weighted by Crippen LogP contribution is 2.35. The van der Waals surface area contributed by atoms with Crippen LogP contribution in [0.3, 0.4) is 0 Å². The molecule has 1 aromatic carbocycles. The van der Waals surface area contributed by atoms with E-state index in [0.717, 1.165) is 4.90 Å². The van der Waals surface area contributed by atoms with Gasteiger partial charge in [0.1, 0.15) is 23.6 Å². The minimum Gasteiger partial charge on any atom is -0.496 e. The van der Waals surface area contributed by atoms with Crippen LogP contribution in [0.4, 0.5) is 14.5 Å². The van der Waals surface area contributed by atoms with Crippen LogP contribution in [0.15, 0.2) is 49.1 Å². The van der Waals surface area contributed by atoms with Gasteiger partial charge in [0.05, 0.1) is 43.7 Å². The molecule has 1 saturated heterocycles. The molecule has 0 aliphatic carbocycles. The van der Waals surface area contributed by atoms with Crippen molar-refractivity contribution < 1.29 is 23.1 Å². The number of amides is 2. The molecule has 0 radical (unpaired) electrons. The van der Waals surface area contributed by atoms with Gasteiger partial charge in [-0.2, -0.15) is 15.5 Å². The van der Waals surface area contributed by atoms with E-state index in [4.69, 9.17) is 4.74 Å². The summed E-state index contributed by atoms with van der Waals surface area (Å²) < 4.78 is 34.5. The van der Waals surface area contributed by atoms with Gasteiger partial charge in [-0.1, -0.05) is 0 Å². The van der Waals surface area contributed by atoms with Crippen LogP contribution in [0.1, 0.15) is 15.9 Å². The van der Waals surface area contributed by atoms with E-state index in [1.807, 2.05) is 6.07 Å². The first-order valence-electron chi connectivity index (χ1n) is 10.7. The molecular weight excluding hydrogens is 474 g/mol. The first-order valence-corrected chi connectivity index (χ1v) is 10.7. The summed E-state index contributed by atoms with van der Waals surface area (Å²) in [5.41, 5.74) is 1.69. The number of nitrogens with zero attached hydrogens (tertiary/aromatic N) is 7. The van der Waals surface area contributed by atoms with Gasteiger partial charge in [0.15, 0.2) is 5.65 Å². The molecule has 3 aromatic heterocycles. The Morgan fingerprint density at radius 2 is 2.11 bits per heavy atom. The van der Waals surface area contributed by atoms with Crippen molar-refractivity contribution in [3.63, 3.8) is 0 Å². The summed E-state index contributed by atoms with van der Waals surface area (Å²) in [5.74, 6) is -3.59. The van der Waals surface area contributed by atoms with Crippen LogP contribution < -0.4 is 10.1 Å². The number of carbonyl (C=O) groups is 2. The predicted octanol–water partition coefficient (Wildman–Crippen LogP) is 2.20. The molecule has 0 bridgehead atoms. The van der Waals surface area contributed by atoms with Gasteiger partial charge in [-0.15, -0.1) is 0 Å². The van der Waals surface area contributed by atoms with Crippen molar-refractivity contribution in [2.24, 2.45) is 0 Å². The lowest BCUT2D eigenvalue weighted by Crippen LogP contribution is -2.59. The van der Waals surface area contributed by atoms with Crippen molar-refractivity contribution >= 4 is 23.1 Å². The Hall–Kier alpha value is -4.86. The highest BCUT2D eigenvalue weighted by atomic mass is 19.3. The molecule has 5 rings (SSSR count). The summed E-state index contributed by atoms with van der Waals surface area (Å²) in [5, 5.41) is 20.6. The second-order valence-electron chi connectivity index (χ2n) is 8.12. The first-order chi connectivity index (χ1) is 17.3. The van der Waals surface area contributed by atoms with Crippen LogP contribution in [-0.4, -0.2) is 67.2 Å². The van der Waals surface area contributed by atoms with Gasteiger partial charge in [0, 0.05) is 24.2 Å². The van der Waals surface area contributed by atoms with Gasteiger partial charge >= 0.3 is 0 Å². The van der Waals surface area contributed by atoms with E-state index in [1.165, 1.54) is 41.0 Å². The molecule has 1 fully saturated rings. The highest BCUT2D eigenvalue weighted by Gasteiger charge is 2.46. The topological polar surface area (TPSA) is 130 Å². The third-order valence-electron chi connectivity index (χ3n) is 5.61. The number of methoxy groups -OCH3 is 1. The van der Waals surface area contributed by atoms with Gasteiger partial charge < -0.3 is 15.0 Å². The largest absolute Gasteiger partial charge is 0.496 e. The zero-order valence-electron chi connectivity index (χ0n) is 18.9. The molecule has 4 aromatic rings. The molecule has 36 heavy (non-hydrogen) atoms. The Kier molecular flexibility index (Phi) is 5.56. The van der Waals surface area contributed by atoms with E-state index >= 15 is 0 Å². The van der Waals surface area contributed by atoms with Gasteiger partial charge in [0.2, 0.25) is 5.91 Å². The molecule has 1 aliphatic heterocycles. The standard InChI is InChI=1S/C23H18F2N8O3/c1-36-18-4-3-14(8-26)7-15(18)20-17(10-32(30-20)11-19(34)31-12-23(24,25)13-31)29-22(35)16-9-28-33-6-2-5-27-21(16)33/h2-7,9-10H,11-13H2,1H3,(H,29,35). The predicted molar refractivity (Wildman–Crippen MR) is 121 cm³/mol. The molecule has 0 spiro atoms. The normalized spacial score (nSPS) is 14.2. The van der Waals surface area contributed by atoms with Crippen LogP contribution in [-0.2, 0) is 11.3 Å². The fourth-order valence-electron chi connectivity index (χ4n) is 3.86. The van der Waals surface area contributed by atoms with Crippen LogP contribution in [0.5, 0.6) is 5.75 Å². The molecule has 13 heteroatoms. The Bertz CT molecular complexity index is 1530. The zero-order chi connectivity index (χ0) is 25.4. The van der Waals surface area contributed by atoms with Gasteiger partial charge in [-0.3, -0.25) is 14.3 Å². The van der Waals surface area contributed by atoms with E-state index < -0.39 is 30.8 Å². The number of hydrogen-bond acceptors (Lipinski definition) is 7. The third-order valence-corrected chi connectivity index (χ3v) is 5.61. The van der Waals surface area contributed by atoms with Crippen molar-refractivity contribution in [1.29, 1.82) is 5.26 Å². The van der Waals surface area contributed by atoms with E-state index in [0.29, 0.717) is 22.5 Å². The minimum absolute atomic E-state index is 0.200. The molecule has 0 atom stereocenters. The lowest BCUT2D eigenvalue weighted by Gasteiger charge is -2.38. The van der Waals surface area contributed by atoms with Gasteiger partial charge in [-0.05, 0) is 24.3 Å². The molecule has 11 nitrogen and oxygen atoms in total. The summed E-state index contributed by atoms with van der Waals surface area (Å²) in [6, 6.07) is 8.40. The molecule has 1 aliphatic rings. The molecule has 182 valence electrons. The number of ether oxygens (including phenoxy) is 1. The SMILES string of the molecule is COc1ccc(C#N)cc1-c1nn(CC(=O)N2CC(F)(F)C2)cc1NC(=O)c1cnn2cccnc12. The molecule has 2 amide bonds. The number of anilines is 1. The number of rotatable bonds is 6. The summed E-state index contributed by atoms with van der Waals surface area (Å²) >= 11 is 0. The first kappa shape index (κ1) is 22.9. The summed E-state index contributed by atoms with van der Waals surface area (Å²) in [6.07, 6.45) is 5.96. The van der Waals surface area contributed by atoms with Crippen LogP contribution in [0, 0.1) is 11.3 Å². The number of hydrogen-bond donors (Lipinski definition) is 1. The van der Waals surface area contributed by atoms with Crippen LogP contribution >= 0.6 is 0 Å². The lowest BCUT2D eigenvalue weighted by atomic mass is 10.1. The third kappa shape index (κ3) is 4.20. The Morgan fingerprint density at radius 1 is 1.31 bits per heavy atom. The number of carbonyl (C=O) groups excluding carboxylic acids is 2. The van der Waals surface area contributed by atoms with Crippen molar-refractivity contribution in [3.8, 4) is 23.1 Å². The zero-order valence-corrected chi connectivity index (χ0v) is 18.9. The number of nitriles is 1. The number of aromatic nitrogens is 5. The maximum Gasteiger partial charge on any atom is 0.282 e. The summed E-state index contributed by atoms with van der Waals surface area (Å²) in [7, 11) is 1.44. The Balaban J connectivity index is 1.51. The van der Waals surface area contributed by atoms with Crippen molar-refractivity contribution in [2.75, 3.05) is 25.5 Å². The minimum atomic E-state index is -2.89. The van der Waals surface area contributed by atoms with E-state index in [-0.39, 0.29) is 23.5 Å². The summed E-state index contributed by atoms with van der Waals surface area (Å²) in [4.78, 5) is 30.8. The second-order valence-corrected chi connectivity index (χ2v) is 8.12. The number of fused-ring (bicyclic) bond motifs is 1. The summed E-state index contributed by atoms with van der Waals surface area (Å²) in [6.45, 7) is -1.62. The fraction of sp³-hybridized carbons (Fsp3) is 0.217. The highest BCUT2D eigenvalue weighted by molar-refractivity contribution is 6.09. The van der Waals surface area contributed by atoms with Crippen molar-refractivity contribution in [2.45, 2.75) is 12.5 Å². The average molecular weight is 492 g/mol. The number of benzene rings is 1. The van der Waals surface area contributed by atoms with E-state index in [2.05, 4.69) is 20.5 Å². The molecule has 0 unspecified atom stereocenters. The molecular formula is C23H18F2N8O3. The number of halogens is 2. The van der Waals surface area contributed by atoms with Gasteiger partial charge in [0.25, 0.3) is 11.8 Å². The molecule has 0 saturated carbocycles. The number of alkyl halides is 2. The molecule has 1 N–H and O–H groups in total. The Labute approximate surface area is 202 Å². The van der Waals surface area contributed by atoms with Crippen LogP contribution in [0.25, 0.3) is 16.9 Å².